The van der Waals surface area contributed by atoms with Crippen LogP contribution in [0, 0.1) is 0 Å². The summed E-state index contributed by atoms with van der Waals surface area (Å²) in [5, 5.41) is 59.1. The Morgan fingerprint density at radius 1 is 0.769 bits per heavy atom. The minimum Gasteiger partial charge on any atom is -0.394 e. The second kappa shape index (κ2) is 10.7. The first-order valence-electron chi connectivity index (χ1n) is 7.62. The molecular weight excluding hydrogens is 352 g/mol. The van der Waals surface area contributed by atoms with Crippen molar-refractivity contribution < 1.29 is 40.2 Å². The van der Waals surface area contributed by atoms with Gasteiger partial charge in [0.2, 0.25) is 0 Å². The Kier molecular flexibility index (Phi) is 8.98. The topological polar surface area (TPSA) is 205 Å². The second-order valence-electron chi connectivity index (χ2n) is 5.34. The first-order valence-corrected chi connectivity index (χ1v) is 7.62. The molecule has 1 aromatic heterocycles. The van der Waals surface area contributed by atoms with Crippen molar-refractivity contribution in [1.29, 1.82) is 0 Å². The molecule has 0 aromatic carbocycles. The average Bonchev–Trinajstić information content (AvgIpc) is 2.68. The molecule has 0 saturated carbocycles. The predicted octanol–water partition coefficient (Wildman–Crippen LogP) is -4.64. The highest BCUT2D eigenvalue weighted by atomic mass is 16.4. The lowest BCUT2D eigenvalue weighted by Gasteiger charge is -2.16. The smallest absolute Gasteiger partial charge is 0.271 e. The Labute approximate surface area is 148 Å². The van der Waals surface area contributed by atoms with Gasteiger partial charge in [-0.2, -0.15) is 0 Å². The fourth-order valence-electron chi connectivity index (χ4n) is 1.65. The fourth-order valence-corrected chi connectivity index (χ4v) is 1.65. The van der Waals surface area contributed by atoms with Crippen LogP contribution in [0.25, 0.3) is 0 Å². The number of hydrogen-bond acceptors (Lipinski definition) is 10. The lowest BCUT2D eigenvalue weighted by molar-refractivity contribution is -0.0123. The molecule has 1 aromatic rings. The summed E-state index contributed by atoms with van der Waals surface area (Å²) >= 11 is 0. The van der Waals surface area contributed by atoms with Crippen molar-refractivity contribution in [3.05, 3.63) is 23.8 Å². The van der Waals surface area contributed by atoms with Crippen LogP contribution >= 0.6 is 0 Å². The highest BCUT2D eigenvalue weighted by molar-refractivity contribution is 5.94. The van der Waals surface area contributed by atoms with E-state index >= 15 is 0 Å². The zero-order valence-corrected chi connectivity index (χ0v) is 13.7. The molecule has 146 valence electrons. The summed E-state index contributed by atoms with van der Waals surface area (Å²) in [5.41, 5.74) is -0.300. The molecule has 0 fully saturated rings. The van der Waals surface area contributed by atoms with Crippen molar-refractivity contribution in [3.8, 4) is 0 Å². The van der Waals surface area contributed by atoms with Crippen LogP contribution in [0.15, 0.2) is 12.4 Å². The third-order valence-corrected chi connectivity index (χ3v) is 3.32. The van der Waals surface area contributed by atoms with Crippen molar-refractivity contribution in [1.82, 2.24) is 20.6 Å². The van der Waals surface area contributed by atoms with Gasteiger partial charge in [0.1, 0.15) is 23.6 Å². The monoisotopic (exact) mass is 374 g/mol. The molecule has 0 bridgehead atoms. The van der Waals surface area contributed by atoms with Gasteiger partial charge < -0.3 is 41.3 Å². The van der Waals surface area contributed by atoms with Gasteiger partial charge in [0, 0.05) is 13.1 Å². The van der Waals surface area contributed by atoms with E-state index in [1.54, 1.807) is 0 Å². The first kappa shape index (κ1) is 21.8. The SMILES string of the molecule is O=C(NCC(O)C(O)CO)c1cnc(C(=O)NCC(O)C(O)CO)cn1. The quantitative estimate of drug-likeness (QED) is 0.196. The van der Waals surface area contributed by atoms with Gasteiger partial charge in [-0.15, -0.1) is 0 Å². The van der Waals surface area contributed by atoms with Gasteiger partial charge in [0.25, 0.3) is 11.8 Å². The van der Waals surface area contributed by atoms with Crippen LogP contribution in [0.4, 0.5) is 0 Å². The molecule has 0 aliphatic heterocycles. The van der Waals surface area contributed by atoms with Gasteiger partial charge in [0.15, 0.2) is 0 Å². The van der Waals surface area contributed by atoms with E-state index in [9.17, 15) is 30.0 Å². The minimum atomic E-state index is -1.40. The van der Waals surface area contributed by atoms with E-state index in [-0.39, 0.29) is 24.5 Å². The number of carbonyl (C=O) groups is 2. The number of carbonyl (C=O) groups excluding carboxylic acids is 2. The van der Waals surface area contributed by atoms with E-state index in [1.165, 1.54) is 0 Å². The molecular formula is C14H22N4O8. The Balaban J connectivity index is 2.54. The van der Waals surface area contributed by atoms with E-state index in [2.05, 4.69) is 20.6 Å². The third-order valence-electron chi connectivity index (χ3n) is 3.32. The summed E-state index contributed by atoms with van der Waals surface area (Å²) in [6.07, 6.45) is -3.49. The normalized spacial score (nSPS) is 15.6. The number of nitrogens with zero attached hydrogens (tertiary/aromatic N) is 2. The fraction of sp³-hybridized carbons (Fsp3) is 0.571. The second-order valence-corrected chi connectivity index (χ2v) is 5.34. The molecule has 12 nitrogen and oxygen atoms in total. The lowest BCUT2D eigenvalue weighted by Crippen LogP contribution is -2.41. The van der Waals surface area contributed by atoms with Gasteiger partial charge in [-0.1, -0.05) is 0 Å². The predicted molar refractivity (Wildman–Crippen MR) is 84.9 cm³/mol. The lowest BCUT2D eigenvalue weighted by atomic mass is 10.2. The molecule has 26 heavy (non-hydrogen) atoms. The molecule has 0 saturated heterocycles. The zero-order chi connectivity index (χ0) is 19.7. The maximum absolute atomic E-state index is 11.8. The van der Waals surface area contributed by atoms with Gasteiger partial charge >= 0.3 is 0 Å². The maximum atomic E-state index is 11.8. The van der Waals surface area contributed by atoms with E-state index in [0.29, 0.717) is 0 Å². The molecule has 12 heteroatoms. The summed E-state index contributed by atoms with van der Waals surface area (Å²) in [6, 6.07) is 0. The standard InChI is InChI=1S/C14H22N4O8/c19-5-11(23)9(21)3-17-13(25)7-1-15-8(2-16-7)14(26)18-4-10(22)12(24)6-20/h1-2,9-12,19-24H,3-6H2,(H,17,25)(H,18,26). The maximum Gasteiger partial charge on any atom is 0.271 e. The molecule has 4 atom stereocenters. The molecule has 2 amide bonds. The molecule has 4 unspecified atom stereocenters. The number of hydrogen-bond donors (Lipinski definition) is 8. The van der Waals surface area contributed by atoms with Gasteiger partial charge in [-0.3, -0.25) is 9.59 Å². The van der Waals surface area contributed by atoms with Crippen molar-refractivity contribution in [3.63, 3.8) is 0 Å². The van der Waals surface area contributed by atoms with E-state index in [4.69, 9.17) is 10.2 Å². The number of nitrogens with one attached hydrogen (secondary N) is 2. The minimum absolute atomic E-state index is 0.150. The molecule has 8 N–H and O–H groups in total. The van der Waals surface area contributed by atoms with Crippen LogP contribution in [0.3, 0.4) is 0 Å². The van der Waals surface area contributed by atoms with Crippen LogP contribution in [-0.2, 0) is 0 Å². The van der Waals surface area contributed by atoms with Crippen LogP contribution in [0.1, 0.15) is 21.0 Å². The van der Waals surface area contributed by atoms with Crippen molar-refractivity contribution in [2.24, 2.45) is 0 Å². The Hall–Kier alpha value is -2.22. The number of amides is 2. The molecule has 0 radical (unpaired) electrons. The van der Waals surface area contributed by atoms with Crippen molar-refractivity contribution in [2.45, 2.75) is 24.4 Å². The van der Waals surface area contributed by atoms with E-state index in [1.807, 2.05) is 0 Å². The highest BCUT2D eigenvalue weighted by Crippen LogP contribution is 1.98. The first-order chi connectivity index (χ1) is 12.3. The van der Waals surface area contributed by atoms with Crippen LogP contribution in [0.2, 0.25) is 0 Å². The molecule has 0 aliphatic carbocycles. The van der Waals surface area contributed by atoms with Crippen molar-refractivity contribution >= 4 is 11.8 Å². The zero-order valence-electron chi connectivity index (χ0n) is 13.7. The van der Waals surface area contributed by atoms with Crippen LogP contribution < -0.4 is 10.6 Å². The highest BCUT2D eigenvalue weighted by Gasteiger charge is 2.19. The van der Waals surface area contributed by atoms with E-state index in [0.717, 1.165) is 12.4 Å². The summed E-state index contributed by atoms with van der Waals surface area (Å²) in [5.74, 6) is -1.43. The summed E-state index contributed by atoms with van der Waals surface area (Å²) in [6.45, 7) is -1.97. The third kappa shape index (κ3) is 6.59. The number of aliphatic hydroxyl groups is 6. The number of aliphatic hydroxyl groups excluding tert-OH is 6. The average molecular weight is 374 g/mol. The van der Waals surface area contributed by atoms with Crippen LogP contribution in [0.5, 0.6) is 0 Å². The summed E-state index contributed by atoms with van der Waals surface area (Å²) in [4.78, 5) is 31.1. The summed E-state index contributed by atoms with van der Waals surface area (Å²) in [7, 11) is 0. The van der Waals surface area contributed by atoms with E-state index < -0.39 is 49.4 Å². The Morgan fingerprint density at radius 2 is 1.12 bits per heavy atom. The molecule has 0 aliphatic rings. The molecule has 1 rings (SSSR count). The number of aromatic nitrogens is 2. The van der Waals surface area contributed by atoms with Gasteiger partial charge in [-0.25, -0.2) is 9.97 Å². The van der Waals surface area contributed by atoms with Crippen LogP contribution in [-0.4, -0.2) is 103 Å². The largest absolute Gasteiger partial charge is 0.394 e. The molecule has 0 spiro atoms. The Morgan fingerprint density at radius 3 is 1.38 bits per heavy atom. The summed E-state index contributed by atoms with van der Waals surface area (Å²) < 4.78 is 0. The number of rotatable bonds is 10. The Bertz CT molecular complexity index is 534. The van der Waals surface area contributed by atoms with Gasteiger partial charge in [0.05, 0.1) is 37.8 Å². The van der Waals surface area contributed by atoms with Gasteiger partial charge in [-0.05, 0) is 0 Å². The van der Waals surface area contributed by atoms with Crippen molar-refractivity contribution in [2.75, 3.05) is 26.3 Å². The molecule has 1 heterocycles.